The Kier molecular flexibility index (Phi) is 3.94. The molecular weight excluding hydrogens is 368 g/mol. The maximum atomic E-state index is 11.8. The summed E-state index contributed by atoms with van der Waals surface area (Å²) in [6, 6.07) is 14.3. The van der Waals surface area contributed by atoms with Crippen molar-refractivity contribution in [3.63, 3.8) is 0 Å². The molecule has 4 rings (SSSR count). The SMILES string of the molecule is O=C1CCc2cccc(Nc3ncc(-c4ccc(Br)cc4)o3)c2C1. The van der Waals surface area contributed by atoms with Gasteiger partial charge in [-0.2, -0.15) is 0 Å². The largest absolute Gasteiger partial charge is 0.423 e. The Morgan fingerprint density at radius 2 is 1.92 bits per heavy atom. The van der Waals surface area contributed by atoms with E-state index in [4.69, 9.17) is 4.42 Å². The molecule has 4 nitrogen and oxygen atoms in total. The van der Waals surface area contributed by atoms with E-state index in [9.17, 15) is 4.79 Å². The Morgan fingerprint density at radius 1 is 1.08 bits per heavy atom. The van der Waals surface area contributed by atoms with Crippen molar-refractivity contribution in [2.75, 3.05) is 5.32 Å². The first-order valence-electron chi connectivity index (χ1n) is 7.80. The third kappa shape index (κ3) is 2.99. The van der Waals surface area contributed by atoms with Gasteiger partial charge in [-0.15, -0.1) is 0 Å². The molecule has 0 bridgehead atoms. The van der Waals surface area contributed by atoms with Crippen LogP contribution in [0.25, 0.3) is 11.3 Å². The lowest BCUT2D eigenvalue weighted by molar-refractivity contribution is -0.118. The molecule has 2 aromatic carbocycles. The van der Waals surface area contributed by atoms with Gasteiger partial charge in [0.25, 0.3) is 6.01 Å². The standard InChI is InChI=1S/C19H15BrN2O2/c20-14-7-4-13(5-8-14)18-11-21-19(24-18)22-17-3-1-2-12-6-9-15(23)10-16(12)17/h1-5,7-8,11H,6,9-10H2,(H,21,22). The van der Waals surface area contributed by atoms with E-state index in [0.717, 1.165) is 27.7 Å². The van der Waals surface area contributed by atoms with Crippen molar-refractivity contribution < 1.29 is 9.21 Å². The monoisotopic (exact) mass is 382 g/mol. The first-order chi connectivity index (χ1) is 11.7. The normalized spacial score (nSPS) is 13.6. The van der Waals surface area contributed by atoms with E-state index in [0.29, 0.717) is 24.6 Å². The van der Waals surface area contributed by atoms with Crippen molar-refractivity contribution >= 4 is 33.4 Å². The number of hydrogen-bond donors (Lipinski definition) is 1. The highest BCUT2D eigenvalue weighted by molar-refractivity contribution is 9.10. The summed E-state index contributed by atoms with van der Waals surface area (Å²) < 4.78 is 6.83. The van der Waals surface area contributed by atoms with Crippen LogP contribution in [0, 0.1) is 0 Å². The maximum Gasteiger partial charge on any atom is 0.299 e. The molecular formula is C19H15BrN2O2. The van der Waals surface area contributed by atoms with Gasteiger partial charge in [-0.05, 0) is 35.7 Å². The van der Waals surface area contributed by atoms with Crippen LogP contribution in [0.3, 0.4) is 0 Å². The van der Waals surface area contributed by atoms with Gasteiger partial charge in [0.1, 0.15) is 5.78 Å². The number of halogens is 1. The van der Waals surface area contributed by atoms with Crippen LogP contribution >= 0.6 is 15.9 Å². The third-order valence-corrected chi connectivity index (χ3v) is 4.72. The lowest BCUT2D eigenvalue weighted by Crippen LogP contribution is -2.14. The Balaban J connectivity index is 1.61. The van der Waals surface area contributed by atoms with E-state index in [1.165, 1.54) is 5.56 Å². The van der Waals surface area contributed by atoms with Crippen LogP contribution in [-0.4, -0.2) is 10.8 Å². The van der Waals surface area contributed by atoms with Gasteiger partial charge in [-0.1, -0.05) is 40.2 Å². The molecule has 0 atom stereocenters. The molecule has 0 spiro atoms. The first-order valence-corrected chi connectivity index (χ1v) is 8.59. The number of ketones is 1. The predicted octanol–water partition coefficient (Wildman–Crippen LogP) is 4.91. The summed E-state index contributed by atoms with van der Waals surface area (Å²) in [6.45, 7) is 0. The number of carbonyl (C=O) groups excluding carboxylic acids is 1. The smallest absolute Gasteiger partial charge is 0.299 e. The van der Waals surface area contributed by atoms with E-state index >= 15 is 0 Å². The molecule has 0 unspecified atom stereocenters. The zero-order chi connectivity index (χ0) is 16.5. The van der Waals surface area contributed by atoms with Gasteiger partial charge in [0.05, 0.1) is 6.20 Å². The number of nitrogens with zero attached hydrogens (tertiary/aromatic N) is 1. The lowest BCUT2D eigenvalue weighted by atomic mass is 9.89. The van der Waals surface area contributed by atoms with Crippen LogP contribution < -0.4 is 5.32 Å². The molecule has 5 heteroatoms. The second-order valence-electron chi connectivity index (χ2n) is 5.82. The molecule has 1 heterocycles. The highest BCUT2D eigenvalue weighted by atomic mass is 79.9. The van der Waals surface area contributed by atoms with E-state index in [2.05, 4.69) is 32.3 Å². The number of aryl methyl sites for hydroxylation is 1. The van der Waals surface area contributed by atoms with Gasteiger partial charge < -0.3 is 9.73 Å². The van der Waals surface area contributed by atoms with Crippen LogP contribution in [-0.2, 0) is 17.6 Å². The molecule has 0 saturated carbocycles. The fourth-order valence-corrected chi connectivity index (χ4v) is 3.21. The van der Waals surface area contributed by atoms with Gasteiger partial charge in [0.15, 0.2) is 5.76 Å². The molecule has 1 aliphatic carbocycles. The summed E-state index contributed by atoms with van der Waals surface area (Å²) in [5, 5.41) is 3.21. The molecule has 120 valence electrons. The number of benzene rings is 2. The van der Waals surface area contributed by atoms with Crippen LogP contribution in [0.2, 0.25) is 0 Å². The van der Waals surface area contributed by atoms with E-state index in [1.54, 1.807) is 6.20 Å². The van der Waals surface area contributed by atoms with Crippen molar-refractivity contribution in [1.82, 2.24) is 4.98 Å². The van der Waals surface area contributed by atoms with Gasteiger partial charge in [0.2, 0.25) is 0 Å². The number of Topliss-reactive ketones (excluding diaryl/α,β-unsaturated/α-hetero) is 1. The average Bonchev–Trinajstić information content (AvgIpc) is 3.05. The van der Waals surface area contributed by atoms with Crippen molar-refractivity contribution in [3.05, 3.63) is 64.3 Å². The summed E-state index contributed by atoms with van der Waals surface area (Å²) in [4.78, 5) is 16.1. The first kappa shape index (κ1) is 15.1. The molecule has 1 aromatic heterocycles. The second kappa shape index (κ2) is 6.24. The average molecular weight is 383 g/mol. The summed E-state index contributed by atoms with van der Waals surface area (Å²) in [7, 11) is 0. The van der Waals surface area contributed by atoms with E-state index in [1.807, 2.05) is 36.4 Å². The minimum Gasteiger partial charge on any atom is -0.423 e. The fraction of sp³-hybridized carbons (Fsp3) is 0.158. The molecule has 24 heavy (non-hydrogen) atoms. The second-order valence-corrected chi connectivity index (χ2v) is 6.74. The Bertz CT molecular complexity index is 900. The summed E-state index contributed by atoms with van der Waals surface area (Å²) in [5.74, 6) is 0.977. The van der Waals surface area contributed by atoms with Crippen LogP contribution in [0.5, 0.6) is 0 Å². The lowest BCUT2D eigenvalue weighted by Gasteiger charge is -2.18. The summed E-state index contributed by atoms with van der Waals surface area (Å²) in [6.07, 6.45) is 3.60. The third-order valence-electron chi connectivity index (χ3n) is 4.20. The van der Waals surface area contributed by atoms with Crippen molar-refractivity contribution in [3.8, 4) is 11.3 Å². The molecule has 1 N–H and O–H groups in total. The predicted molar refractivity (Wildman–Crippen MR) is 96.4 cm³/mol. The van der Waals surface area contributed by atoms with Gasteiger partial charge >= 0.3 is 0 Å². The Morgan fingerprint density at radius 3 is 2.75 bits per heavy atom. The Hall–Kier alpha value is -2.40. The molecule has 0 saturated heterocycles. The van der Waals surface area contributed by atoms with Crippen molar-refractivity contribution in [2.45, 2.75) is 19.3 Å². The minimum atomic E-state index is 0.278. The number of anilines is 2. The molecule has 3 aromatic rings. The molecule has 1 aliphatic rings. The highest BCUT2D eigenvalue weighted by Crippen LogP contribution is 2.30. The van der Waals surface area contributed by atoms with Gasteiger partial charge in [0, 0.05) is 28.6 Å². The Labute approximate surface area is 148 Å². The topological polar surface area (TPSA) is 55.1 Å². The summed E-state index contributed by atoms with van der Waals surface area (Å²) in [5.41, 5.74) is 4.13. The molecule has 0 fully saturated rings. The number of aromatic nitrogens is 1. The zero-order valence-electron chi connectivity index (χ0n) is 12.9. The fourth-order valence-electron chi connectivity index (χ4n) is 2.95. The van der Waals surface area contributed by atoms with E-state index < -0.39 is 0 Å². The number of oxazole rings is 1. The van der Waals surface area contributed by atoms with Crippen LogP contribution in [0.4, 0.5) is 11.7 Å². The number of rotatable bonds is 3. The van der Waals surface area contributed by atoms with Crippen LogP contribution in [0.1, 0.15) is 17.5 Å². The quantitative estimate of drug-likeness (QED) is 0.699. The zero-order valence-corrected chi connectivity index (χ0v) is 14.5. The highest BCUT2D eigenvalue weighted by Gasteiger charge is 2.19. The van der Waals surface area contributed by atoms with Crippen LogP contribution in [0.15, 0.2) is 57.6 Å². The van der Waals surface area contributed by atoms with Crippen molar-refractivity contribution in [1.29, 1.82) is 0 Å². The van der Waals surface area contributed by atoms with E-state index in [-0.39, 0.29) is 5.78 Å². The number of hydrogen-bond acceptors (Lipinski definition) is 4. The number of fused-ring (bicyclic) bond motifs is 1. The molecule has 0 amide bonds. The molecule has 0 aliphatic heterocycles. The van der Waals surface area contributed by atoms with Crippen molar-refractivity contribution in [2.24, 2.45) is 0 Å². The number of carbonyl (C=O) groups is 1. The molecule has 0 radical (unpaired) electrons. The van der Waals surface area contributed by atoms with Gasteiger partial charge in [-0.25, -0.2) is 4.98 Å². The van der Waals surface area contributed by atoms with Gasteiger partial charge in [-0.3, -0.25) is 4.79 Å². The summed E-state index contributed by atoms with van der Waals surface area (Å²) >= 11 is 3.42. The minimum absolute atomic E-state index is 0.278. The maximum absolute atomic E-state index is 11.8. The number of nitrogens with one attached hydrogen (secondary N) is 1.